The normalized spacial score (nSPS) is 28.8. The van der Waals surface area contributed by atoms with Crippen LogP contribution < -0.4 is 4.74 Å². The molecule has 1 N–H and O–H groups in total. The molecule has 21 heavy (non-hydrogen) atoms. The minimum atomic E-state index is -0.0701. The quantitative estimate of drug-likeness (QED) is 0.822. The van der Waals surface area contributed by atoms with Gasteiger partial charge in [0.25, 0.3) is 0 Å². The molecule has 4 heteroatoms. The van der Waals surface area contributed by atoms with Crippen molar-refractivity contribution in [2.45, 2.75) is 57.2 Å². The zero-order valence-electron chi connectivity index (χ0n) is 12.6. The van der Waals surface area contributed by atoms with Gasteiger partial charge in [-0.05, 0) is 51.2 Å². The molecule has 0 aromatic heterocycles. The van der Waals surface area contributed by atoms with Crippen molar-refractivity contribution in [2.75, 3.05) is 13.2 Å². The molecule has 2 saturated heterocycles. The van der Waals surface area contributed by atoms with Gasteiger partial charge in [-0.3, -0.25) is 4.90 Å². The summed E-state index contributed by atoms with van der Waals surface area (Å²) >= 11 is 3.54. The first kappa shape index (κ1) is 15.3. The number of nitrogens with zero attached hydrogens (tertiary/aromatic N) is 1. The van der Waals surface area contributed by atoms with Crippen LogP contribution >= 0.6 is 15.9 Å². The molecule has 0 spiro atoms. The van der Waals surface area contributed by atoms with Crippen LogP contribution in [0.4, 0.5) is 0 Å². The Labute approximate surface area is 135 Å². The maximum Gasteiger partial charge on any atom is 0.123 e. The average molecular weight is 354 g/mol. The lowest BCUT2D eigenvalue weighted by Gasteiger charge is -2.37. The fraction of sp³-hybridized carbons (Fsp3) is 0.647. The number of aliphatic hydroxyl groups excluding tert-OH is 1. The number of aliphatic hydroxyl groups is 1. The smallest absolute Gasteiger partial charge is 0.123 e. The van der Waals surface area contributed by atoms with Crippen LogP contribution in [0.2, 0.25) is 0 Å². The first-order valence-electron chi connectivity index (χ1n) is 7.97. The van der Waals surface area contributed by atoms with Gasteiger partial charge in [-0.25, -0.2) is 0 Å². The van der Waals surface area contributed by atoms with Crippen LogP contribution in [0.5, 0.6) is 5.75 Å². The summed E-state index contributed by atoms with van der Waals surface area (Å²) in [7, 11) is 0. The maximum atomic E-state index is 9.83. The lowest BCUT2D eigenvalue weighted by molar-refractivity contribution is 0.0331. The van der Waals surface area contributed by atoms with Gasteiger partial charge in [0.2, 0.25) is 0 Å². The van der Waals surface area contributed by atoms with Crippen LogP contribution in [0.15, 0.2) is 22.7 Å². The standard InChI is InChI=1S/C17H24BrNO2/c1-12-16(18)4-2-5-17(12)21-9-3-8-19-13-6-7-14(19)11-15(20)10-13/h2,4-5,13-15,20H,3,6-11H2,1H3/t13-,14+,15?. The van der Waals surface area contributed by atoms with E-state index < -0.39 is 0 Å². The highest BCUT2D eigenvalue weighted by atomic mass is 79.9. The van der Waals surface area contributed by atoms with Gasteiger partial charge in [0.05, 0.1) is 12.7 Å². The lowest BCUT2D eigenvalue weighted by Crippen LogP contribution is -2.45. The number of halogens is 1. The lowest BCUT2D eigenvalue weighted by atomic mass is 10.00. The molecule has 2 bridgehead atoms. The van der Waals surface area contributed by atoms with E-state index in [4.69, 9.17) is 4.74 Å². The monoisotopic (exact) mass is 353 g/mol. The Morgan fingerprint density at radius 1 is 1.29 bits per heavy atom. The second-order valence-electron chi connectivity index (χ2n) is 6.31. The summed E-state index contributed by atoms with van der Waals surface area (Å²) in [5, 5.41) is 9.83. The third-order valence-corrected chi connectivity index (χ3v) is 5.75. The predicted octanol–water partition coefficient (Wildman–Crippen LogP) is 3.51. The van der Waals surface area contributed by atoms with E-state index in [0.29, 0.717) is 12.1 Å². The molecule has 116 valence electrons. The Morgan fingerprint density at radius 3 is 2.71 bits per heavy atom. The SMILES string of the molecule is Cc1c(Br)cccc1OCCCN1[C@@H]2CC[C@H]1CC(O)C2. The first-order valence-corrected chi connectivity index (χ1v) is 8.76. The molecular weight excluding hydrogens is 330 g/mol. The second-order valence-corrected chi connectivity index (χ2v) is 7.17. The Morgan fingerprint density at radius 2 is 2.00 bits per heavy atom. The summed E-state index contributed by atoms with van der Waals surface area (Å²) < 4.78 is 7.01. The van der Waals surface area contributed by atoms with Gasteiger partial charge in [0, 0.05) is 28.7 Å². The summed E-state index contributed by atoms with van der Waals surface area (Å²) in [5.74, 6) is 0.974. The first-order chi connectivity index (χ1) is 10.1. The molecule has 0 amide bonds. The van der Waals surface area contributed by atoms with Crippen LogP contribution in [0.1, 0.15) is 37.7 Å². The van der Waals surface area contributed by atoms with E-state index in [1.54, 1.807) is 0 Å². The number of benzene rings is 1. The average Bonchev–Trinajstić information content (AvgIpc) is 2.70. The molecule has 1 unspecified atom stereocenters. The van der Waals surface area contributed by atoms with Gasteiger partial charge in [0.1, 0.15) is 5.75 Å². The van der Waals surface area contributed by atoms with E-state index in [0.717, 1.165) is 42.6 Å². The van der Waals surface area contributed by atoms with Crippen molar-refractivity contribution < 1.29 is 9.84 Å². The maximum absolute atomic E-state index is 9.83. The van der Waals surface area contributed by atoms with Gasteiger partial charge < -0.3 is 9.84 Å². The predicted molar refractivity (Wildman–Crippen MR) is 87.7 cm³/mol. The van der Waals surface area contributed by atoms with Crippen LogP contribution in [-0.2, 0) is 0 Å². The Hall–Kier alpha value is -0.580. The Kier molecular flexibility index (Phi) is 4.87. The van der Waals surface area contributed by atoms with E-state index in [-0.39, 0.29) is 6.10 Å². The highest BCUT2D eigenvalue weighted by molar-refractivity contribution is 9.10. The zero-order valence-corrected chi connectivity index (χ0v) is 14.2. The molecular formula is C17H24BrNO2. The topological polar surface area (TPSA) is 32.7 Å². The molecule has 2 aliphatic rings. The van der Waals surface area contributed by atoms with Crippen LogP contribution in [0.3, 0.4) is 0 Å². The molecule has 3 nitrogen and oxygen atoms in total. The number of hydrogen-bond acceptors (Lipinski definition) is 3. The molecule has 1 aromatic carbocycles. The van der Waals surface area contributed by atoms with Crippen molar-refractivity contribution in [2.24, 2.45) is 0 Å². The van der Waals surface area contributed by atoms with E-state index in [1.165, 1.54) is 18.4 Å². The van der Waals surface area contributed by atoms with E-state index in [9.17, 15) is 5.11 Å². The molecule has 3 rings (SSSR count). The van der Waals surface area contributed by atoms with Crippen molar-refractivity contribution in [1.29, 1.82) is 0 Å². The van der Waals surface area contributed by atoms with Crippen molar-refractivity contribution in [3.8, 4) is 5.75 Å². The van der Waals surface area contributed by atoms with Crippen molar-refractivity contribution in [1.82, 2.24) is 4.90 Å². The van der Waals surface area contributed by atoms with E-state index in [2.05, 4.69) is 27.8 Å². The highest BCUT2D eigenvalue weighted by Crippen LogP contribution is 2.35. The van der Waals surface area contributed by atoms with Gasteiger partial charge in [0.15, 0.2) is 0 Å². The van der Waals surface area contributed by atoms with Crippen molar-refractivity contribution in [3.63, 3.8) is 0 Å². The molecule has 0 radical (unpaired) electrons. The van der Waals surface area contributed by atoms with Crippen LogP contribution in [-0.4, -0.2) is 41.3 Å². The van der Waals surface area contributed by atoms with Gasteiger partial charge >= 0.3 is 0 Å². The number of ether oxygens (including phenoxy) is 1. The highest BCUT2D eigenvalue weighted by Gasteiger charge is 2.39. The van der Waals surface area contributed by atoms with Gasteiger partial charge in [-0.1, -0.05) is 22.0 Å². The molecule has 0 aliphatic carbocycles. The zero-order chi connectivity index (χ0) is 14.8. The number of rotatable bonds is 5. The summed E-state index contributed by atoms with van der Waals surface area (Å²) in [4.78, 5) is 2.60. The van der Waals surface area contributed by atoms with Crippen LogP contribution in [0.25, 0.3) is 0 Å². The van der Waals surface area contributed by atoms with E-state index in [1.807, 2.05) is 18.2 Å². The van der Waals surface area contributed by atoms with Crippen molar-refractivity contribution >= 4 is 15.9 Å². The minimum absolute atomic E-state index is 0.0701. The van der Waals surface area contributed by atoms with E-state index >= 15 is 0 Å². The van der Waals surface area contributed by atoms with Gasteiger partial charge in [-0.15, -0.1) is 0 Å². The Bertz CT molecular complexity index is 480. The summed E-state index contributed by atoms with van der Waals surface area (Å²) in [5.41, 5.74) is 1.17. The number of fused-ring (bicyclic) bond motifs is 2. The largest absolute Gasteiger partial charge is 0.493 e. The molecule has 2 aliphatic heterocycles. The van der Waals surface area contributed by atoms with Crippen molar-refractivity contribution in [3.05, 3.63) is 28.2 Å². The van der Waals surface area contributed by atoms with Gasteiger partial charge in [-0.2, -0.15) is 0 Å². The molecule has 3 atom stereocenters. The van der Waals surface area contributed by atoms with Crippen LogP contribution in [0, 0.1) is 6.92 Å². The fourth-order valence-electron chi connectivity index (χ4n) is 3.78. The molecule has 2 fully saturated rings. The third-order valence-electron chi connectivity index (χ3n) is 4.90. The number of hydrogen-bond donors (Lipinski definition) is 1. The molecule has 2 heterocycles. The second kappa shape index (κ2) is 6.67. The molecule has 0 saturated carbocycles. The third kappa shape index (κ3) is 3.43. The summed E-state index contributed by atoms with van der Waals surface area (Å²) in [6.07, 6.45) is 5.42. The fourth-order valence-corrected chi connectivity index (χ4v) is 4.13. The summed E-state index contributed by atoms with van der Waals surface area (Å²) in [6, 6.07) is 7.29. The minimum Gasteiger partial charge on any atom is -0.493 e. The summed E-state index contributed by atoms with van der Waals surface area (Å²) in [6.45, 7) is 3.93. The molecule has 1 aromatic rings. The Balaban J connectivity index is 1.46. The number of piperidine rings is 1.